The molecule has 0 atom stereocenters. The average molecular weight is 620 g/mol. The lowest BCUT2D eigenvalue weighted by atomic mass is 9.66. The van der Waals surface area contributed by atoms with Gasteiger partial charge in [-0.2, -0.15) is 0 Å². The van der Waals surface area contributed by atoms with Crippen LogP contribution in [-0.2, 0) is 4.79 Å². The lowest BCUT2D eigenvalue weighted by molar-refractivity contribution is -0.119. The van der Waals surface area contributed by atoms with Crippen molar-refractivity contribution in [3.05, 3.63) is 39.7 Å². The first-order chi connectivity index (χ1) is 21.0. The van der Waals surface area contributed by atoms with E-state index in [1.165, 1.54) is 0 Å². The normalized spacial score (nSPS) is 21.7. The molecule has 0 unspecified atom stereocenters. The zero-order valence-electron chi connectivity index (χ0n) is 26.5. The van der Waals surface area contributed by atoms with Crippen molar-refractivity contribution in [3.63, 3.8) is 0 Å². The highest BCUT2D eigenvalue weighted by atomic mass is 32.1. The first-order valence-corrected chi connectivity index (χ1v) is 16.9. The molecule has 0 aromatic carbocycles. The van der Waals surface area contributed by atoms with Crippen LogP contribution in [0.4, 0.5) is 5.69 Å². The van der Waals surface area contributed by atoms with Gasteiger partial charge in [0.2, 0.25) is 11.8 Å². The number of carboxylic acids is 1. The van der Waals surface area contributed by atoms with Crippen molar-refractivity contribution in [3.8, 4) is 17.7 Å². The van der Waals surface area contributed by atoms with E-state index in [1.54, 1.807) is 25.3 Å². The van der Waals surface area contributed by atoms with Crippen LogP contribution in [0, 0.1) is 23.2 Å². The largest absolute Gasteiger partial charge is 0.477 e. The molecule has 44 heavy (non-hydrogen) atoms. The number of carbonyl (C=O) groups excluding carboxylic acids is 2. The second kappa shape index (κ2) is 13.3. The monoisotopic (exact) mass is 619 g/mol. The standard InChI is InChI=1S/C35H45N3O5S/c1-24(39)38(29-23-28(14-18-34(2,3)4)44-31(29)33(41)42)35(16-6-5-7-17-35)26-10-12-27(13-11-26)43-30-22-25(15-19-36-30)32(40)37-20-8-9-21-37/h15,19,22-23,26-27H,5-13,16-17,20-21H2,1-4H3,(H,41,42). The van der Waals surface area contributed by atoms with Crippen molar-refractivity contribution in [2.75, 3.05) is 18.0 Å². The van der Waals surface area contributed by atoms with Crippen LogP contribution in [0.1, 0.15) is 123 Å². The number of hydrogen-bond acceptors (Lipinski definition) is 6. The number of aromatic nitrogens is 1. The number of aromatic carboxylic acids is 1. The topological polar surface area (TPSA) is 100 Å². The van der Waals surface area contributed by atoms with Gasteiger partial charge < -0.3 is 19.6 Å². The summed E-state index contributed by atoms with van der Waals surface area (Å²) in [5.74, 6) is 5.95. The zero-order valence-corrected chi connectivity index (χ0v) is 27.3. The van der Waals surface area contributed by atoms with Crippen molar-refractivity contribution < 1.29 is 24.2 Å². The fraction of sp³-hybridized carbons (Fsp3) is 0.600. The molecule has 3 fully saturated rings. The lowest BCUT2D eigenvalue weighted by Crippen LogP contribution is -2.58. The number of carboxylic acid groups (broad SMARTS) is 1. The third kappa shape index (κ3) is 7.12. The number of hydrogen-bond donors (Lipinski definition) is 1. The maximum absolute atomic E-state index is 13.5. The number of ether oxygens (including phenoxy) is 1. The van der Waals surface area contributed by atoms with Gasteiger partial charge in [0.25, 0.3) is 5.91 Å². The number of amides is 2. The Morgan fingerprint density at radius 3 is 2.34 bits per heavy atom. The molecule has 3 heterocycles. The van der Waals surface area contributed by atoms with Gasteiger partial charge in [0.1, 0.15) is 11.0 Å². The molecule has 1 saturated heterocycles. The Balaban J connectivity index is 1.36. The highest BCUT2D eigenvalue weighted by Gasteiger charge is 2.48. The molecule has 9 heteroatoms. The molecule has 0 bridgehead atoms. The molecule has 2 amide bonds. The van der Waals surface area contributed by atoms with Crippen molar-refractivity contribution in [1.29, 1.82) is 0 Å². The molecule has 2 aromatic rings. The Kier molecular flexibility index (Phi) is 9.69. The summed E-state index contributed by atoms with van der Waals surface area (Å²) in [6, 6.07) is 5.34. The fourth-order valence-corrected chi connectivity index (χ4v) is 8.15. The Morgan fingerprint density at radius 2 is 1.73 bits per heavy atom. The van der Waals surface area contributed by atoms with Crippen LogP contribution in [0.15, 0.2) is 24.4 Å². The molecule has 1 N–H and O–H groups in total. The summed E-state index contributed by atoms with van der Waals surface area (Å²) in [4.78, 5) is 47.9. The Morgan fingerprint density at radius 1 is 1.05 bits per heavy atom. The number of carbonyl (C=O) groups is 3. The highest BCUT2D eigenvalue weighted by molar-refractivity contribution is 7.15. The zero-order chi connectivity index (χ0) is 31.5. The van der Waals surface area contributed by atoms with E-state index in [2.05, 4.69) is 16.8 Å². The lowest BCUT2D eigenvalue weighted by Gasteiger charge is -2.52. The van der Waals surface area contributed by atoms with Gasteiger partial charge in [-0.15, -0.1) is 11.3 Å². The van der Waals surface area contributed by atoms with E-state index in [1.807, 2.05) is 36.6 Å². The summed E-state index contributed by atoms with van der Waals surface area (Å²) >= 11 is 1.16. The summed E-state index contributed by atoms with van der Waals surface area (Å²) in [5.41, 5.74) is 0.423. The summed E-state index contributed by atoms with van der Waals surface area (Å²) < 4.78 is 6.32. The van der Waals surface area contributed by atoms with E-state index < -0.39 is 11.5 Å². The van der Waals surface area contributed by atoms with Crippen LogP contribution in [0.25, 0.3) is 0 Å². The molecule has 2 aliphatic carbocycles. The molecule has 0 spiro atoms. The Hall–Kier alpha value is -3.38. The Labute approximate surface area is 265 Å². The third-order valence-corrected chi connectivity index (χ3v) is 10.3. The fourth-order valence-electron chi connectivity index (χ4n) is 7.31. The average Bonchev–Trinajstić information content (AvgIpc) is 3.67. The molecular formula is C35H45N3O5S. The van der Waals surface area contributed by atoms with Gasteiger partial charge in [-0.3, -0.25) is 9.59 Å². The highest BCUT2D eigenvalue weighted by Crippen LogP contribution is 2.49. The molecule has 8 nitrogen and oxygen atoms in total. The van der Waals surface area contributed by atoms with Gasteiger partial charge in [0.05, 0.1) is 16.1 Å². The van der Waals surface area contributed by atoms with Gasteiger partial charge >= 0.3 is 5.97 Å². The minimum Gasteiger partial charge on any atom is -0.477 e. The quantitative estimate of drug-likeness (QED) is 0.330. The molecule has 1 aliphatic heterocycles. The summed E-state index contributed by atoms with van der Waals surface area (Å²) in [5, 5.41) is 10.2. The number of likely N-dealkylation sites (tertiary alicyclic amines) is 1. The minimum atomic E-state index is -1.03. The van der Waals surface area contributed by atoms with E-state index in [0.717, 1.165) is 95.1 Å². The number of anilines is 1. The van der Waals surface area contributed by atoms with Crippen LogP contribution < -0.4 is 9.64 Å². The van der Waals surface area contributed by atoms with Crippen molar-refractivity contribution >= 4 is 34.8 Å². The van der Waals surface area contributed by atoms with Crippen LogP contribution in [0.3, 0.4) is 0 Å². The second-order valence-electron chi connectivity index (χ2n) is 13.6. The van der Waals surface area contributed by atoms with Crippen LogP contribution >= 0.6 is 11.3 Å². The first-order valence-electron chi connectivity index (χ1n) is 16.1. The molecule has 2 saturated carbocycles. The molecule has 236 valence electrons. The van der Waals surface area contributed by atoms with Crippen molar-refractivity contribution in [2.24, 2.45) is 11.3 Å². The number of nitrogens with zero attached hydrogens (tertiary/aromatic N) is 3. The van der Waals surface area contributed by atoms with E-state index in [4.69, 9.17) is 4.74 Å². The molecule has 5 rings (SSSR count). The summed E-state index contributed by atoms with van der Waals surface area (Å²) in [7, 11) is 0. The third-order valence-electron chi connectivity index (χ3n) is 9.28. The smallest absolute Gasteiger partial charge is 0.348 e. The summed E-state index contributed by atoms with van der Waals surface area (Å²) in [6.45, 7) is 9.22. The molecule has 2 aromatic heterocycles. The number of pyridine rings is 1. The molecule has 3 aliphatic rings. The predicted octanol–water partition coefficient (Wildman–Crippen LogP) is 7.17. The summed E-state index contributed by atoms with van der Waals surface area (Å²) in [6.07, 6.45) is 11.9. The van der Waals surface area contributed by atoms with Crippen molar-refractivity contribution in [1.82, 2.24) is 9.88 Å². The predicted molar refractivity (Wildman–Crippen MR) is 172 cm³/mol. The van der Waals surface area contributed by atoms with E-state index in [0.29, 0.717) is 22.0 Å². The number of thiophene rings is 1. The minimum absolute atomic E-state index is 0.0303. The van der Waals surface area contributed by atoms with Crippen LogP contribution in [0.5, 0.6) is 5.88 Å². The van der Waals surface area contributed by atoms with E-state index in [9.17, 15) is 19.5 Å². The maximum atomic E-state index is 13.5. The maximum Gasteiger partial charge on any atom is 0.348 e. The molecular weight excluding hydrogens is 574 g/mol. The van der Waals surface area contributed by atoms with Crippen LogP contribution in [0.2, 0.25) is 0 Å². The van der Waals surface area contributed by atoms with Gasteiger partial charge in [-0.25, -0.2) is 9.78 Å². The Bertz CT molecular complexity index is 1430. The first kappa shape index (κ1) is 32.0. The second-order valence-corrected chi connectivity index (χ2v) is 14.7. The van der Waals surface area contributed by atoms with Crippen LogP contribution in [-0.4, -0.2) is 57.5 Å². The van der Waals surface area contributed by atoms with Gasteiger partial charge in [-0.05, 0) is 90.2 Å². The number of rotatable bonds is 7. The SMILES string of the molecule is CC(=O)N(c1cc(C#CC(C)(C)C)sc1C(=O)O)C1(C2CCC(Oc3cc(C(=O)N4CCCC4)ccn3)CC2)CCCCC1. The van der Waals surface area contributed by atoms with Crippen molar-refractivity contribution in [2.45, 2.75) is 110 Å². The van der Waals surface area contributed by atoms with E-state index >= 15 is 0 Å². The van der Waals surface area contributed by atoms with Gasteiger partial charge in [0, 0.05) is 43.3 Å². The van der Waals surface area contributed by atoms with E-state index in [-0.39, 0.29) is 34.1 Å². The van der Waals surface area contributed by atoms with Gasteiger partial charge in [0.15, 0.2) is 0 Å². The van der Waals surface area contributed by atoms with Gasteiger partial charge in [-0.1, -0.05) is 31.1 Å². The molecule has 0 radical (unpaired) electrons.